The van der Waals surface area contributed by atoms with E-state index >= 15 is 0 Å². The van der Waals surface area contributed by atoms with Gasteiger partial charge in [0, 0.05) is 52.4 Å². The molecule has 0 aliphatic carbocycles. The number of carboxylic acid groups (broad SMARTS) is 4. The maximum Gasteiger partial charge on any atom is 0.317 e. The van der Waals surface area contributed by atoms with Crippen molar-refractivity contribution in [1.82, 2.24) is 19.6 Å². The fourth-order valence-corrected chi connectivity index (χ4v) is 4.90. The molecule has 1 saturated heterocycles. The Balaban J connectivity index is 3.42. The molecule has 0 aromatic carbocycles. The van der Waals surface area contributed by atoms with E-state index in [2.05, 4.69) is 0 Å². The molecule has 0 bridgehead atoms. The van der Waals surface area contributed by atoms with E-state index in [1.807, 2.05) is 32.6 Å². The standard InChI is InChI=1S/C24H44N4O8/c1-5-23(3)15-26(12-20(31)32)9-7-25(11-19(29)30)8-10-27(13-21(33)34)16-24(4,6-2)18-28(17-23)14-22(35)36/h5-18H2,1-4H3,(H,29,30)(H,31,32)(H,33,34)(H,35,36). The quantitative estimate of drug-likeness (QED) is 0.316. The SMILES string of the molecule is CCC1(C)CN(CC(=O)O)CCN(CC(=O)O)CCN(CC(=O)O)CC(C)(CC)CN(CC(=O)O)C1. The van der Waals surface area contributed by atoms with Crippen LogP contribution in [0.5, 0.6) is 0 Å². The zero-order valence-corrected chi connectivity index (χ0v) is 22.1. The third-order valence-corrected chi connectivity index (χ3v) is 7.03. The summed E-state index contributed by atoms with van der Waals surface area (Å²) in [5.74, 6) is -3.95. The number of hydrogen-bond donors (Lipinski definition) is 4. The van der Waals surface area contributed by atoms with Gasteiger partial charge >= 0.3 is 23.9 Å². The van der Waals surface area contributed by atoms with Gasteiger partial charge in [0.25, 0.3) is 0 Å². The van der Waals surface area contributed by atoms with Crippen LogP contribution in [0.1, 0.15) is 40.5 Å². The Morgan fingerprint density at radius 1 is 0.528 bits per heavy atom. The van der Waals surface area contributed by atoms with Gasteiger partial charge in [0.15, 0.2) is 0 Å². The van der Waals surface area contributed by atoms with Crippen molar-refractivity contribution in [2.24, 2.45) is 10.8 Å². The first-order chi connectivity index (χ1) is 16.7. The minimum atomic E-state index is -1.01. The number of carbonyl (C=O) groups is 4. The van der Waals surface area contributed by atoms with Crippen molar-refractivity contribution in [3.8, 4) is 0 Å². The van der Waals surface area contributed by atoms with E-state index in [9.17, 15) is 39.6 Å². The summed E-state index contributed by atoms with van der Waals surface area (Å²) in [5, 5.41) is 37.9. The van der Waals surface area contributed by atoms with Gasteiger partial charge in [-0.3, -0.25) is 38.8 Å². The first-order valence-electron chi connectivity index (χ1n) is 12.5. The first kappa shape index (κ1) is 31.7. The lowest BCUT2D eigenvalue weighted by Gasteiger charge is -2.43. The van der Waals surface area contributed by atoms with Crippen molar-refractivity contribution in [3.63, 3.8) is 0 Å². The second-order valence-corrected chi connectivity index (χ2v) is 10.7. The Hall–Kier alpha value is -2.28. The van der Waals surface area contributed by atoms with Crippen LogP contribution in [-0.4, -0.2) is 142 Å². The molecule has 12 heteroatoms. The summed E-state index contributed by atoms with van der Waals surface area (Å²) < 4.78 is 0. The lowest BCUT2D eigenvalue weighted by molar-refractivity contribution is -0.141. The molecule has 1 fully saturated rings. The molecule has 12 nitrogen and oxygen atoms in total. The van der Waals surface area contributed by atoms with Gasteiger partial charge in [-0.15, -0.1) is 0 Å². The minimum Gasteiger partial charge on any atom is -0.480 e. The van der Waals surface area contributed by atoms with E-state index in [-0.39, 0.29) is 26.2 Å². The summed E-state index contributed by atoms with van der Waals surface area (Å²) in [6, 6.07) is 0. The Kier molecular flexibility index (Phi) is 12.8. The lowest BCUT2D eigenvalue weighted by Crippen LogP contribution is -2.53. The zero-order valence-electron chi connectivity index (χ0n) is 22.1. The second-order valence-electron chi connectivity index (χ2n) is 10.7. The molecule has 0 aromatic rings. The monoisotopic (exact) mass is 516 g/mol. The maximum atomic E-state index is 11.7. The molecule has 36 heavy (non-hydrogen) atoms. The van der Waals surface area contributed by atoms with Gasteiger partial charge in [0.2, 0.25) is 0 Å². The molecule has 1 rings (SSSR count). The topological polar surface area (TPSA) is 162 Å². The summed E-state index contributed by atoms with van der Waals surface area (Å²) in [5.41, 5.74) is -0.829. The molecule has 0 spiro atoms. The van der Waals surface area contributed by atoms with E-state index in [4.69, 9.17) is 0 Å². The highest BCUT2D eigenvalue weighted by atomic mass is 16.4. The molecule has 0 radical (unpaired) electrons. The third kappa shape index (κ3) is 12.1. The summed E-state index contributed by atoms with van der Waals surface area (Å²) in [6.07, 6.45) is 1.37. The molecular formula is C24H44N4O8. The van der Waals surface area contributed by atoms with Crippen LogP contribution in [-0.2, 0) is 19.2 Å². The predicted molar refractivity (Wildman–Crippen MR) is 133 cm³/mol. The van der Waals surface area contributed by atoms with Gasteiger partial charge in [-0.25, -0.2) is 0 Å². The van der Waals surface area contributed by atoms with Crippen LogP contribution in [0, 0.1) is 10.8 Å². The van der Waals surface area contributed by atoms with Crippen LogP contribution in [0.2, 0.25) is 0 Å². The van der Waals surface area contributed by atoms with E-state index in [1.54, 1.807) is 14.7 Å². The number of aliphatic carboxylic acids is 4. The predicted octanol–water partition coefficient (Wildman–Crippen LogP) is 0.379. The van der Waals surface area contributed by atoms with Crippen LogP contribution in [0.25, 0.3) is 0 Å². The van der Waals surface area contributed by atoms with Crippen LogP contribution < -0.4 is 0 Å². The van der Waals surface area contributed by atoms with Crippen molar-refractivity contribution in [2.45, 2.75) is 40.5 Å². The normalized spacial score (nSPS) is 26.8. The molecule has 0 saturated carbocycles. The molecule has 0 aromatic heterocycles. The maximum absolute atomic E-state index is 11.7. The Labute approximate surface area is 213 Å². The van der Waals surface area contributed by atoms with Crippen molar-refractivity contribution >= 4 is 23.9 Å². The first-order valence-corrected chi connectivity index (χ1v) is 12.5. The molecule has 2 atom stereocenters. The highest BCUT2D eigenvalue weighted by Gasteiger charge is 2.35. The van der Waals surface area contributed by atoms with E-state index < -0.39 is 34.7 Å². The molecule has 0 amide bonds. The van der Waals surface area contributed by atoms with Crippen molar-refractivity contribution in [1.29, 1.82) is 0 Å². The summed E-state index contributed by atoms with van der Waals surface area (Å²) in [6.45, 7) is 10.1. The molecule has 1 aliphatic heterocycles. The van der Waals surface area contributed by atoms with Crippen molar-refractivity contribution in [3.05, 3.63) is 0 Å². The van der Waals surface area contributed by atoms with Gasteiger partial charge in [-0.2, -0.15) is 0 Å². The number of nitrogens with zero attached hydrogens (tertiary/aromatic N) is 4. The van der Waals surface area contributed by atoms with E-state index in [0.29, 0.717) is 65.2 Å². The molecule has 1 aliphatic rings. The summed E-state index contributed by atoms with van der Waals surface area (Å²) in [7, 11) is 0. The van der Waals surface area contributed by atoms with Gasteiger partial charge in [0.1, 0.15) is 0 Å². The van der Waals surface area contributed by atoms with E-state index in [0.717, 1.165) is 0 Å². The average molecular weight is 517 g/mol. The number of hydrogen-bond acceptors (Lipinski definition) is 8. The third-order valence-electron chi connectivity index (χ3n) is 7.03. The van der Waals surface area contributed by atoms with E-state index in [1.165, 1.54) is 0 Å². The lowest BCUT2D eigenvalue weighted by atomic mass is 9.82. The summed E-state index contributed by atoms with van der Waals surface area (Å²) >= 11 is 0. The van der Waals surface area contributed by atoms with Crippen LogP contribution in [0.4, 0.5) is 0 Å². The second kappa shape index (κ2) is 14.5. The Morgan fingerprint density at radius 3 is 1.08 bits per heavy atom. The smallest absolute Gasteiger partial charge is 0.317 e. The molecular weight excluding hydrogens is 472 g/mol. The molecule has 1 heterocycles. The largest absolute Gasteiger partial charge is 0.480 e. The van der Waals surface area contributed by atoms with Crippen molar-refractivity contribution < 1.29 is 39.6 Å². The highest BCUT2D eigenvalue weighted by Crippen LogP contribution is 2.29. The zero-order chi connectivity index (χ0) is 27.5. The van der Waals surface area contributed by atoms with Gasteiger partial charge in [0.05, 0.1) is 26.2 Å². The highest BCUT2D eigenvalue weighted by molar-refractivity contribution is 5.70. The van der Waals surface area contributed by atoms with Gasteiger partial charge in [-0.1, -0.05) is 27.7 Å². The average Bonchev–Trinajstić information content (AvgIpc) is 2.73. The fourth-order valence-electron chi connectivity index (χ4n) is 4.90. The summed E-state index contributed by atoms with van der Waals surface area (Å²) in [4.78, 5) is 53.5. The van der Waals surface area contributed by atoms with Crippen LogP contribution >= 0.6 is 0 Å². The number of carboxylic acids is 4. The van der Waals surface area contributed by atoms with Crippen molar-refractivity contribution in [2.75, 3.05) is 78.5 Å². The van der Waals surface area contributed by atoms with Gasteiger partial charge in [-0.05, 0) is 23.7 Å². The van der Waals surface area contributed by atoms with Crippen LogP contribution in [0.3, 0.4) is 0 Å². The Morgan fingerprint density at radius 2 is 0.778 bits per heavy atom. The molecule has 4 N–H and O–H groups in total. The van der Waals surface area contributed by atoms with Crippen LogP contribution in [0.15, 0.2) is 0 Å². The minimum absolute atomic E-state index is 0.171. The fraction of sp³-hybridized carbons (Fsp3) is 0.833. The molecule has 2 unspecified atom stereocenters. The van der Waals surface area contributed by atoms with Gasteiger partial charge < -0.3 is 20.4 Å². The Bertz CT molecular complexity index is 720. The number of rotatable bonds is 10. The molecule has 208 valence electrons.